The summed E-state index contributed by atoms with van der Waals surface area (Å²) < 4.78 is 5.38. The molecule has 1 N–H and O–H groups in total. The molecule has 0 aromatic heterocycles. The van der Waals surface area contributed by atoms with Gasteiger partial charge in [-0.2, -0.15) is 0 Å². The number of amides is 1. The van der Waals surface area contributed by atoms with Gasteiger partial charge >= 0.3 is 0 Å². The predicted octanol–water partition coefficient (Wildman–Crippen LogP) is 1.54. The Morgan fingerprint density at radius 3 is 2.89 bits per heavy atom. The molecule has 96 valence electrons. The maximum atomic E-state index is 11.9. The van der Waals surface area contributed by atoms with Crippen molar-refractivity contribution in [2.75, 3.05) is 20.2 Å². The number of carbonyl (C=O) groups excluding carboxylic acids is 1. The summed E-state index contributed by atoms with van der Waals surface area (Å²) in [7, 11) is 1.67. The molecule has 4 heteroatoms. The number of nitrogens with zero attached hydrogens (tertiary/aromatic N) is 1. The number of nitrogens with one attached hydrogen (secondary N) is 1. The van der Waals surface area contributed by atoms with Crippen molar-refractivity contribution < 1.29 is 9.53 Å². The molecule has 0 spiro atoms. The maximum Gasteiger partial charge on any atom is 0.238 e. The molecule has 1 aliphatic carbocycles. The summed E-state index contributed by atoms with van der Waals surface area (Å²) in [5.41, 5.74) is 1.05. The molecule has 1 atom stereocenters. The molecule has 0 radical (unpaired) electrons. The van der Waals surface area contributed by atoms with Crippen molar-refractivity contribution in [2.24, 2.45) is 5.92 Å². The fraction of sp³-hybridized carbons (Fsp3) is 0.500. The van der Waals surface area contributed by atoms with E-state index in [-0.39, 0.29) is 12.1 Å². The molecule has 2 fully saturated rings. The Balaban J connectivity index is 1.86. The van der Waals surface area contributed by atoms with Gasteiger partial charge in [0.1, 0.15) is 11.9 Å². The Morgan fingerprint density at radius 2 is 2.17 bits per heavy atom. The van der Waals surface area contributed by atoms with E-state index in [1.54, 1.807) is 7.11 Å². The number of methoxy groups -OCH3 is 1. The van der Waals surface area contributed by atoms with Gasteiger partial charge in [-0.3, -0.25) is 10.1 Å². The van der Waals surface area contributed by atoms with E-state index >= 15 is 0 Å². The summed E-state index contributed by atoms with van der Waals surface area (Å²) in [6.45, 7) is 1.30. The van der Waals surface area contributed by atoms with Crippen LogP contribution in [0.1, 0.15) is 24.6 Å². The molecule has 1 heterocycles. The van der Waals surface area contributed by atoms with Gasteiger partial charge in [0.15, 0.2) is 0 Å². The van der Waals surface area contributed by atoms with Crippen molar-refractivity contribution >= 4 is 5.91 Å². The molecule has 0 bridgehead atoms. The van der Waals surface area contributed by atoms with E-state index < -0.39 is 0 Å². The first-order valence-corrected chi connectivity index (χ1v) is 6.45. The highest BCUT2D eigenvalue weighted by atomic mass is 16.5. The highest BCUT2D eigenvalue weighted by molar-refractivity contribution is 5.81. The smallest absolute Gasteiger partial charge is 0.238 e. The number of hydrogen-bond donors (Lipinski definition) is 1. The molecule has 1 aromatic rings. The van der Waals surface area contributed by atoms with Crippen molar-refractivity contribution in [1.29, 1.82) is 0 Å². The van der Waals surface area contributed by atoms with E-state index in [0.29, 0.717) is 12.5 Å². The van der Waals surface area contributed by atoms with E-state index in [4.69, 9.17) is 4.74 Å². The second-order valence-electron chi connectivity index (χ2n) is 5.01. The number of para-hydroxylation sites is 1. The van der Waals surface area contributed by atoms with Crippen molar-refractivity contribution in [3.05, 3.63) is 29.8 Å². The fourth-order valence-corrected chi connectivity index (χ4v) is 2.50. The van der Waals surface area contributed by atoms with Crippen LogP contribution in [0.4, 0.5) is 0 Å². The van der Waals surface area contributed by atoms with E-state index in [9.17, 15) is 4.79 Å². The summed E-state index contributed by atoms with van der Waals surface area (Å²) in [6, 6.07) is 7.89. The molecule has 2 aliphatic rings. The maximum absolute atomic E-state index is 11.9. The molecule has 18 heavy (non-hydrogen) atoms. The Morgan fingerprint density at radius 1 is 1.39 bits per heavy atom. The lowest BCUT2D eigenvalue weighted by molar-refractivity contribution is -0.128. The van der Waals surface area contributed by atoms with Gasteiger partial charge in [-0.25, -0.2) is 0 Å². The average molecular weight is 246 g/mol. The van der Waals surface area contributed by atoms with Gasteiger partial charge < -0.3 is 9.64 Å². The lowest BCUT2D eigenvalue weighted by atomic mass is 10.1. The van der Waals surface area contributed by atoms with Gasteiger partial charge in [-0.1, -0.05) is 18.2 Å². The zero-order valence-corrected chi connectivity index (χ0v) is 10.6. The summed E-state index contributed by atoms with van der Waals surface area (Å²) >= 11 is 0. The van der Waals surface area contributed by atoms with Crippen LogP contribution in [-0.2, 0) is 4.79 Å². The minimum atomic E-state index is -0.0331. The number of ether oxygens (including phenoxy) is 1. The SMILES string of the molecule is COc1ccccc1C1NCC(=O)N1CC1CC1. The standard InChI is InChI=1S/C14H18N2O2/c1-18-12-5-3-2-4-11(12)14-15-8-13(17)16(14)9-10-6-7-10/h2-5,10,14-15H,6-9H2,1H3. The highest BCUT2D eigenvalue weighted by Gasteiger charge is 2.36. The molecule has 1 amide bonds. The number of hydrogen-bond acceptors (Lipinski definition) is 3. The van der Waals surface area contributed by atoms with Crippen molar-refractivity contribution in [2.45, 2.75) is 19.0 Å². The third kappa shape index (κ3) is 2.08. The number of benzene rings is 1. The second kappa shape index (κ2) is 4.61. The Bertz CT molecular complexity index is 457. The molecule has 1 saturated heterocycles. The van der Waals surface area contributed by atoms with Gasteiger partial charge in [0.2, 0.25) is 5.91 Å². The quantitative estimate of drug-likeness (QED) is 0.876. The van der Waals surface area contributed by atoms with Gasteiger partial charge in [-0.15, -0.1) is 0 Å². The van der Waals surface area contributed by atoms with Crippen LogP contribution >= 0.6 is 0 Å². The molecule has 1 aliphatic heterocycles. The first kappa shape index (κ1) is 11.5. The molecular formula is C14H18N2O2. The molecule has 3 rings (SSSR count). The van der Waals surface area contributed by atoms with E-state index in [1.807, 2.05) is 29.2 Å². The average Bonchev–Trinajstić information content (AvgIpc) is 3.15. The summed E-state index contributed by atoms with van der Waals surface area (Å²) in [4.78, 5) is 13.9. The Hall–Kier alpha value is -1.55. The molecule has 1 saturated carbocycles. The van der Waals surface area contributed by atoms with Crippen LogP contribution in [0.15, 0.2) is 24.3 Å². The highest BCUT2D eigenvalue weighted by Crippen LogP contribution is 2.35. The summed E-state index contributed by atoms with van der Waals surface area (Å²) in [6.07, 6.45) is 2.47. The van der Waals surface area contributed by atoms with E-state index in [1.165, 1.54) is 12.8 Å². The number of carbonyl (C=O) groups is 1. The Kier molecular flexibility index (Phi) is 2.96. The largest absolute Gasteiger partial charge is 0.496 e. The normalized spacial score (nSPS) is 23.5. The lowest BCUT2D eigenvalue weighted by Gasteiger charge is -2.25. The van der Waals surface area contributed by atoms with Crippen LogP contribution < -0.4 is 10.1 Å². The van der Waals surface area contributed by atoms with E-state index in [2.05, 4.69) is 5.32 Å². The summed E-state index contributed by atoms with van der Waals surface area (Å²) in [5.74, 6) is 1.73. The van der Waals surface area contributed by atoms with Crippen LogP contribution in [0.2, 0.25) is 0 Å². The molecule has 1 aromatic carbocycles. The second-order valence-corrected chi connectivity index (χ2v) is 5.01. The predicted molar refractivity (Wildman–Crippen MR) is 68.2 cm³/mol. The lowest BCUT2D eigenvalue weighted by Crippen LogP contribution is -2.32. The molecule has 1 unspecified atom stereocenters. The van der Waals surface area contributed by atoms with E-state index in [0.717, 1.165) is 17.9 Å². The third-order valence-corrected chi connectivity index (χ3v) is 3.66. The zero-order valence-electron chi connectivity index (χ0n) is 10.6. The van der Waals surface area contributed by atoms with Crippen molar-refractivity contribution in [3.8, 4) is 5.75 Å². The minimum Gasteiger partial charge on any atom is -0.496 e. The Labute approximate surface area is 107 Å². The van der Waals surface area contributed by atoms with Crippen LogP contribution in [0.25, 0.3) is 0 Å². The van der Waals surface area contributed by atoms with Gasteiger partial charge in [0.25, 0.3) is 0 Å². The van der Waals surface area contributed by atoms with Crippen molar-refractivity contribution in [3.63, 3.8) is 0 Å². The first-order valence-electron chi connectivity index (χ1n) is 6.45. The molecular weight excluding hydrogens is 228 g/mol. The molecule has 4 nitrogen and oxygen atoms in total. The van der Waals surface area contributed by atoms with Crippen LogP contribution in [-0.4, -0.2) is 31.0 Å². The summed E-state index contributed by atoms with van der Waals surface area (Å²) in [5, 5.41) is 3.28. The van der Waals surface area contributed by atoms with Crippen LogP contribution in [0.5, 0.6) is 5.75 Å². The van der Waals surface area contributed by atoms with Crippen LogP contribution in [0, 0.1) is 5.92 Å². The first-order chi connectivity index (χ1) is 8.79. The topological polar surface area (TPSA) is 41.6 Å². The zero-order chi connectivity index (χ0) is 12.5. The monoisotopic (exact) mass is 246 g/mol. The fourth-order valence-electron chi connectivity index (χ4n) is 2.50. The third-order valence-electron chi connectivity index (χ3n) is 3.66. The number of rotatable bonds is 4. The van der Waals surface area contributed by atoms with Crippen LogP contribution in [0.3, 0.4) is 0 Å². The van der Waals surface area contributed by atoms with Gasteiger partial charge in [0.05, 0.1) is 13.7 Å². The van der Waals surface area contributed by atoms with Gasteiger partial charge in [-0.05, 0) is 24.8 Å². The van der Waals surface area contributed by atoms with Gasteiger partial charge in [0, 0.05) is 12.1 Å². The minimum absolute atomic E-state index is 0.0331. The van der Waals surface area contributed by atoms with Crippen molar-refractivity contribution in [1.82, 2.24) is 10.2 Å².